The number of hydrogen-bond acceptors (Lipinski definition) is 13. The Bertz CT molecular complexity index is 1770. The summed E-state index contributed by atoms with van der Waals surface area (Å²) in [5.41, 5.74) is -2.74. The molecule has 1 amide bonds. The van der Waals surface area contributed by atoms with Crippen LogP contribution in [-0.2, 0) is 42.9 Å². The Kier molecular flexibility index (Phi) is 12.8. The number of amides is 1. The molecule has 3 aromatic rings. The van der Waals surface area contributed by atoms with Crippen molar-refractivity contribution < 1.29 is 61.1 Å². The number of para-hydroxylation sites is 1. The van der Waals surface area contributed by atoms with Gasteiger partial charge in [0.05, 0.1) is 11.8 Å². The molecule has 14 nitrogen and oxygen atoms in total. The average Bonchev–Trinajstić information content (AvgIpc) is 3.60. The van der Waals surface area contributed by atoms with Crippen molar-refractivity contribution in [2.24, 2.45) is 0 Å². The van der Waals surface area contributed by atoms with E-state index in [1.165, 1.54) is 11.1 Å². The lowest BCUT2D eigenvalue weighted by atomic mass is 9.89. The summed E-state index contributed by atoms with van der Waals surface area (Å²) in [5, 5.41) is 19.0. The molecule has 1 N–H and O–H groups in total. The van der Waals surface area contributed by atoms with E-state index in [0.29, 0.717) is 17.8 Å². The SMILES string of the molecule is CCN(C(=O)C(SC1OC(COC(C)=O)C(OC(C)=O)C(n2cc(-c3cc(F)c(F)c(F)c3)nn2)C1OC(C)=O)C1(O)CCOCC1)c1ccccc1. The molecule has 0 saturated carbocycles. The van der Waals surface area contributed by atoms with Gasteiger partial charge in [-0.3, -0.25) is 19.2 Å². The second-order valence-corrected chi connectivity index (χ2v) is 13.7. The number of anilines is 1. The van der Waals surface area contributed by atoms with Crippen LogP contribution in [0.2, 0.25) is 0 Å². The maximum atomic E-state index is 14.6. The van der Waals surface area contributed by atoms with Gasteiger partial charge in [0.25, 0.3) is 0 Å². The van der Waals surface area contributed by atoms with E-state index < -0.39 is 88.5 Å². The summed E-state index contributed by atoms with van der Waals surface area (Å²) in [5.74, 6) is -7.46. The fourth-order valence-corrected chi connectivity index (χ4v) is 7.88. The average molecular weight is 765 g/mol. The summed E-state index contributed by atoms with van der Waals surface area (Å²) in [6.07, 6.45) is -2.77. The van der Waals surface area contributed by atoms with E-state index in [0.717, 1.165) is 37.2 Å². The van der Waals surface area contributed by atoms with Gasteiger partial charge in [-0.2, -0.15) is 0 Å². The molecule has 286 valence electrons. The molecule has 0 bridgehead atoms. The third kappa shape index (κ3) is 9.17. The zero-order chi connectivity index (χ0) is 38.4. The Labute approximate surface area is 306 Å². The topological polar surface area (TPSA) is 169 Å². The molecular formula is C35H39F3N4O10S. The fraction of sp³-hybridized carbons (Fsp3) is 0.486. The van der Waals surface area contributed by atoms with E-state index in [9.17, 15) is 37.5 Å². The minimum absolute atomic E-state index is 0.0707. The summed E-state index contributed by atoms with van der Waals surface area (Å²) < 4.78 is 72.0. The van der Waals surface area contributed by atoms with Crippen molar-refractivity contribution in [2.45, 2.75) is 81.2 Å². The summed E-state index contributed by atoms with van der Waals surface area (Å²) >= 11 is 0.854. The van der Waals surface area contributed by atoms with Crippen molar-refractivity contribution in [3.63, 3.8) is 0 Å². The molecular weight excluding hydrogens is 725 g/mol. The van der Waals surface area contributed by atoms with E-state index in [4.69, 9.17) is 23.7 Å². The maximum Gasteiger partial charge on any atom is 0.303 e. The first-order valence-electron chi connectivity index (χ1n) is 16.7. The predicted octanol–water partition coefficient (Wildman–Crippen LogP) is 3.75. The quantitative estimate of drug-likeness (QED) is 0.161. The van der Waals surface area contributed by atoms with E-state index in [1.54, 1.807) is 37.3 Å². The van der Waals surface area contributed by atoms with Gasteiger partial charge in [-0.15, -0.1) is 16.9 Å². The molecule has 2 saturated heterocycles. The van der Waals surface area contributed by atoms with Crippen LogP contribution in [-0.4, -0.2) is 105 Å². The van der Waals surface area contributed by atoms with E-state index in [-0.39, 0.29) is 43.9 Å². The molecule has 6 atom stereocenters. The lowest BCUT2D eigenvalue weighted by molar-refractivity contribution is -0.212. The van der Waals surface area contributed by atoms with Crippen molar-refractivity contribution in [3.05, 3.63) is 66.1 Å². The van der Waals surface area contributed by atoms with Crippen molar-refractivity contribution in [1.29, 1.82) is 0 Å². The van der Waals surface area contributed by atoms with Crippen molar-refractivity contribution >= 4 is 41.3 Å². The number of carbonyl (C=O) groups excluding carboxylic acids is 4. The van der Waals surface area contributed by atoms with Gasteiger partial charge in [0.15, 0.2) is 29.7 Å². The standard InChI is InChI=1S/C35H39F3N4O10S/c1-5-41(23-9-7-6-8-10-23)33(46)32(35(47)11-13-48-14-12-35)53-34-31(51-21(4)45)29(30(50-20(3)44)27(52-34)18-49-19(2)43)42-17-26(39-40-42)22-15-24(36)28(38)25(37)16-22/h6-10,15-17,27,29-32,34,47H,5,11-14,18H2,1-4H3. The van der Waals surface area contributed by atoms with Gasteiger partial charge in [0.1, 0.15) is 35.1 Å². The van der Waals surface area contributed by atoms with Gasteiger partial charge >= 0.3 is 17.9 Å². The Balaban J connectivity index is 1.63. The molecule has 2 fully saturated rings. The van der Waals surface area contributed by atoms with Crippen LogP contribution in [0.1, 0.15) is 46.6 Å². The molecule has 2 aliphatic rings. The van der Waals surface area contributed by atoms with Gasteiger partial charge in [0.2, 0.25) is 5.91 Å². The van der Waals surface area contributed by atoms with Crippen LogP contribution >= 0.6 is 11.8 Å². The maximum absolute atomic E-state index is 14.6. The lowest BCUT2D eigenvalue weighted by Crippen LogP contribution is -2.60. The first-order valence-corrected chi connectivity index (χ1v) is 17.7. The molecule has 0 radical (unpaired) electrons. The highest BCUT2D eigenvalue weighted by Crippen LogP contribution is 2.44. The molecule has 2 aromatic carbocycles. The molecule has 5 rings (SSSR count). The van der Waals surface area contributed by atoms with Crippen LogP contribution in [0.25, 0.3) is 11.3 Å². The zero-order valence-electron chi connectivity index (χ0n) is 29.3. The van der Waals surface area contributed by atoms with Gasteiger partial charge in [-0.25, -0.2) is 17.9 Å². The Morgan fingerprint density at radius 3 is 2.21 bits per heavy atom. The number of aliphatic hydroxyl groups is 1. The van der Waals surface area contributed by atoms with Gasteiger partial charge in [-0.1, -0.05) is 23.4 Å². The molecule has 18 heteroatoms. The molecule has 53 heavy (non-hydrogen) atoms. The number of ether oxygens (including phenoxy) is 5. The number of esters is 3. The molecule has 0 spiro atoms. The lowest BCUT2D eigenvalue weighted by Gasteiger charge is -2.47. The van der Waals surface area contributed by atoms with Crippen molar-refractivity contribution in [2.75, 3.05) is 31.3 Å². The number of carbonyl (C=O) groups is 4. The van der Waals surface area contributed by atoms with E-state index >= 15 is 0 Å². The molecule has 1 aromatic heterocycles. The largest absolute Gasteiger partial charge is 0.463 e. The molecule has 2 aliphatic heterocycles. The molecule has 0 aliphatic carbocycles. The third-order valence-electron chi connectivity index (χ3n) is 8.76. The Morgan fingerprint density at radius 1 is 1.00 bits per heavy atom. The smallest absolute Gasteiger partial charge is 0.303 e. The summed E-state index contributed by atoms with van der Waals surface area (Å²) in [4.78, 5) is 53.3. The summed E-state index contributed by atoms with van der Waals surface area (Å²) in [6, 6.07) is 8.89. The van der Waals surface area contributed by atoms with E-state index in [1.807, 2.05) is 0 Å². The summed E-state index contributed by atoms with van der Waals surface area (Å²) in [7, 11) is 0. The Hall–Kier alpha value is -4.52. The van der Waals surface area contributed by atoms with Gasteiger partial charge in [0, 0.05) is 64.6 Å². The number of aromatic nitrogens is 3. The minimum Gasteiger partial charge on any atom is -0.463 e. The number of benzene rings is 2. The van der Waals surface area contributed by atoms with Crippen LogP contribution < -0.4 is 4.90 Å². The summed E-state index contributed by atoms with van der Waals surface area (Å²) in [6.45, 7) is 5.19. The highest BCUT2D eigenvalue weighted by molar-refractivity contribution is 8.01. The minimum atomic E-state index is -1.69. The number of hydrogen-bond donors (Lipinski definition) is 1. The number of nitrogens with zero attached hydrogens (tertiary/aromatic N) is 4. The molecule has 6 unspecified atom stereocenters. The number of thioether (sulfide) groups is 1. The highest BCUT2D eigenvalue weighted by Gasteiger charge is 2.55. The second-order valence-electron chi connectivity index (χ2n) is 12.5. The van der Waals surface area contributed by atoms with Crippen LogP contribution in [0, 0.1) is 17.5 Å². The van der Waals surface area contributed by atoms with Crippen LogP contribution in [0.4, 0.5) is 18.9 Å². The Morgan fingerprint density at radius 2 is 1.62 bits per heavy atom. The number of halogens is 3. The predicted molar refractivity (Wildman–Crippen MR) is 182 cm³/mol. The third-order valence-corrected chi connectivity index (χ3v) is 10.3. The zero-order valence-corrected chi connectivity index (χ0v) is 30.1. The van der Waals surface area contributed by atoms with Gasteiger partial charge in [-0.05, 0) is 31.2 Å². The van der Waals surface area contributed by atoms with Crippen molar-refractivity contribution in [1.82, 2.24) is 15.0 Å². The van der Waals surface area contributed by atoms with Crippen LogP contribution in [0.3, 0.4) is 0 Å². The number of rotatable bonds is 12. The first kappa shape index (κ1) is 39.7. The second kappa shape index (κ2) is 17.1. The van der Waals surface area contributed by atoms with Crippen LogP contribution in [0.5, 0.6) is 0 Å². The van der Waals surface area contributed by atoms with Crippen molar-refractivity contribution in [3.8, 4) is 11.3 Å². The first-order chi connectivity index (χ1) is 25.2. The molecule has 3 heterocycles. The normalized spacial score (nSPS) is 23.1. The van der Waals surface area contributed by atoms with E-state index in [2.05, 4.69) is 10.3 Å². The fourth-order valence-electron chi connectivity index (χ4n) is 6.30. The van der Waals surface area contributed by atoms with Gasteiger partial charge < -0.3 is 33.7 Å². The van der Waals surface area contributed by atoms with Crippen LogP contribution in [0.15, 0.2) is 48.7 Å². The monoisotopic (exact) mass is 764 g/mol. The highest BCUT2D eigenvalue weighted by atomic mass is 32.2.